The molecule has 0 aliphatic rings. The number of benzene rings is 1. The summed E-state index contributed by atoms with van der Waals surface area (Å²) in [6.45, 7) is 6.87. The van der Waals surface area contributed by atoms with E-state index in [9.17, 15) is 18.5 Å². The van der Waals surface area contributed by atoms with E-state index in [-0.39, 0.29) is 41.1 Å². The molecule has 160 valence electrons. The molecule has 0 radical (unpaired) electrons. The normalized spacial score (nSPS) is 11.6. The van der Waals surface area contributed by atoms with E-state index in [1.807, 2.05) is 13.8 Å². The predicted molar refractivity (Wildman–Crippen MR) is 119 cm³/mol. The van der Waals surface area contributed by atoms with Crippen molar-refractivity contribution in [2.75, 3.05) is 39.4 Å². The topological polar surface area (TPSA) is 135 Å². The van der Waals surface area contributed by atoms with Gasteiger partial charge in [-0.2, -0.15) is 0 Å². The highest BCUT2D eigenvalue weighted by atomic mass is 127. The second kappa shape index (κ2) is 14.5. The number of nitrogens with one attached hydrogen (secondary N) is 3. The van der Waals surface area contributed by atoms with Crippen LogP contribution < -0.4 is 15.4 Å². The number of halogens is 1. The molecule has 12 heteroatoms. The fourth-order valence-corrected chi connectivity index (χ4v) is 3.13. The van der Waals surface area contributed by atoms with Gasteiger partial charge >= 0.3 is 0 Å². The Hall–Kier alpha value is -1.51. The van der Waals surface area contributed by atoms with Crippen molar-refractivity contribution in [3.8, 4) is 0 Å². The Morgan fingerprint density at radius 1 is 1.25 bits per heavy atom. The Labute approximate surface area is 182 Å². The zero-order chi connectivity index (χ0) is 20.1. The maximum atomic E-state index is 12.2. The molecule has 0 aliphatic heterocycles. The molecule has 10 nitrogen and oxygen atoms in total. The van der Waals surface area contributed by atoms with Crippen LogP contribution >= 0.6 is 24.0 Å². The number of nitrogens with zero attached hydrogens (tertiary/aromatic N) is 2. The van der Waals surface area contributed by atoms with Crippen LogP contribution in [-0.4, -0.2) is 58.7 Å². The van der Waals surface area contributed by atoms with Gasteiger partial charge in [0.2, 0.25) is 10.0 Å². The number of ether oxygens (including phenoxy) is 1. The van der Waals surface area contributed by atoms with Gasteiger partial charge in [-0.15, -0.1) is 24.0 Å². The van der Waals surface area contributed by atoms with Crippen LogP contribution in [0.5, 0.6) is 0 Å². The average Bonchev–Trinajstić information content (AvgIpc) is 2.65. The van der Waals surface area contributed by atoms with E-state index in [0.717, 1.165) is 12.5 Å². The Kier molecular flexibility index (Phi) is 13.7. The van der Waals surface area contributed by atoms with E-state index in [1.54, 1.807) is 0 Å². The first kappa shape index (κ1) is 26.5. The van der Waals surface area contributed by atoms with Gasteiger partial charge in [0, 0.05) is 51.5 Å². The maximum Gasteiger partial charge on any atom is 0.270 e. The molecule has 0 bridgehead atoms. The number of aliphatic imine (C=N–C) groups is 1. The summed E-state index contributed by atoms with van der Waals surface area (Å²) in [6.07, 6.45) is 0.795. The molecule has 0 unspecified atom stereocenters. The Balaban J connectivity index is 0.00000729. The summed E-state index contributed by atoms with van der Waals surface area (Å²) in [7, 11) is -3.83. The summed E-state index contributed by atoms with van der Waals surface area (Å²) in [5, 5.41) is 16.9. The van der Waals surface area contributed by atoms with Crippen molar-refractivity contribution in [1.82, 2.24) is 15.4 Å². The van der Waals surface area contributed by atoms with Crippen molar-refractivity contribution in [2.24, 2.45) is 4.99 Å². The molecule has 0 heterocycles. The molecule has 1 aromatic rings. The maximum absolute atomic E-state index is 12.2. The summed E-state index contributed by atoms with van der Waals surface area (Å²) >= 11 is 0. The molecule has 1 aromatic carbocycles. The lowest BCUT2D eigenvalue weighted by Gasteiger charge is -2.12. The highest BCUT2D eigenvalue weighted by molar-refractivity contribution is 14.0. The Morgan fingerprint density at radius 2 is 2.00 bits per heavy atom. The third-order valence-electron chi connectivity index (χ3n) is 3.31. The summed E-state index contributed by atoms with van der Waals surface area (Å²) in [6, 6.07) is 4.92. The highest BCUT2D eigenvalue weighted by Crippen LogP contribution is 2.16. The Bertz CT molecular complexity index is 730. The molecule has 0 saturated carbocycles. The molecule has 0 spiro atoms. The van der Waals surface area contributed by atoms with Crippen LogP contribution in [0.3, 0.4) is 0 Å². The fourth-order valence-electron chi connectivity index (χ4n) is 2.06. The highest BCUT2D eigenvalue weighted by Gasteiger charge is 2.16. The number of hydrogen-bond donors (Lipinski definition) is 3. The minimum atomic E-state index is -3.83. The quantitative estimate of drug-likeness (QED) is 0.0932. The summed E-state index contributed by atoms with van der Waals surface area (Å²) < 4.78 is 32.1. The molecule has 28 heavy (non-hydrogen) atoms. The second-order valence-corrected chi connectivity index (χ2v) is 7.16. The predicted octanol–water partition coefficient (Wildman–Crippen LogP) is 1.47. The monoisotopic (exact) mass is 529 g/mol. The van der Waals surface area contributed by atoms with Crippen LogP contribution in [0.15, 0.2) is 34.2 Å². The smallest absolute Gasteiger partial charge is 0.270 e. The second-order valence-electron chi connectivity index (χ2n) is 5.39. The first-order valence-electron chi connectivity index (χ1n) is 8.74. The van der Waals surface area contributed by atoms with Gasteiger partial charge in [0.25, 0.3) is 5.69 Å². The third kappa shape index (κ3) is 10.1. The number of non-ortho nitro benzene ring substituents is 1. The van der Waals surface area contributed by atoms with E-state index in [2.05, 4.69) is 20.3 Å². The number of guanidine groups is 1. The van der Waals surface area contributed by atoms with Gasteiger partial charge in [-0.3, -0.25) is 15.1 Å². The number of hydrogen-bond acceptors (Lipinski definition) is 6. The zero-order valence-corrected chi connectivity index (χ0v) is 19.2. The zero-order valence-electron chi connectivity index (χ0n) is 16.0. The first-order valence-corrected chi connectivity index (χ1v) is 10.2. The lowest BCUT2D eigenvalue weighted by Crippen LogP contribution is -2.41. The molecule has 0 saturated heterocycles. The van der Waals surface area contributed by atoms with Crippen molar-refractivity contribution in [3.63, 3.8) is 0 Å². The van der Waals surface area contributed by atoms with Crippen molar-refractivity contribution in [1.29, 1.82) is 0 Å². The number of nitro groups is 1. The largest absolute Gasteiger partial charge is 0.382 e. The average molecular weight is 529 g/mol. The van der Waals surface area contributed by atoms with Gasteiger partial charge in [-0.1, -0.05) is 6.07 Å². The van der Waals surface area contributed by atoms with Crippen LogP contribution in [0, 0.1) is 10.1 Å². The fraction of sp³-hybridized carbons (Fsp3) is 0.562. The van der Waals surface area contributed by atoms with Crippen LogP contribution in [0.25, 0.3) is 0 Å². The molecular formula is C16H28IN5O5S. The summed E-state index contributed by atoms with van der Waals surface area (Å²) in [5.74, 6) is 0.587. The standard InChI is InChI=1S/C16H27N5O5S.HI/c1-3-17-16(18-9-6-12-26-4-2)19-10-11-20-27(24,25)15-8-5-7-14(13-15)21(22)23;/h5,7-8,13,20H,3-4,6,9-12H2,1-2H3,(H2,17,18,19);1H. The Morgan fingerprint density at radius 3 is 2.64 bits per heavy atom. The number of rotatable bonds is 12. The molecule has 0 amide bonds. The lowest BCUT2D eigenvalue weighted by molar-refractivity contribution is -0.385. The van der Waals surface area contributed by atoms with E-state index in [4.69, 9.17) is 4.74 Å². The van der Waals surface area contributed by atoms with Crippen molar-refractivity contribution < 1.29 is 18.1 Å². The van der Waals surface area contributed by atoms with Gasteiger partial charge in [-0.25, -0.2) is 13.1 Å². The molecule has 0 fully saturated rings. The molecule has 0 aromatic heterocycles. The van der Waals surface area contributed by atoms with Gasteiger partial charge < -0.3 is 15.4 Å². The molecule has 1 rings (SSSR count). The van der Waals surface area contributed by atoms with E-state index < -0.39 is 14.9 Å². The lowest BCUT2D eigenvalue weighted by atomic mass is 10.3. The van der Waals surface area contributed by atoms with Gasteiger partial charge in [0.05, 0.1) is 9.82 Å². The van der Waals surface area contributed by atoms with Crippen molar-refractivity contribution >= 4 is 45.6 Å². The van der Waals surface area contributed by atoms with Crippen molar-refractivity contribution in [3.05, 3.63) is 34.4 Å². The third-order valence-corrected chi connectivity index (χ3v) is 4.77. The van der Waals surface area contributed by atoms with Gasteiger partial charge in [-0.05, 0) is 26.3 Å². The van der Waals surface area contributed by atoms with Crippen LogP contribution in [-0.2, 0) is 14.8 Å². The van der Waals surface area contributed by atoms with E-state index >= 15 is 0 Å². The molecule has 0 aliphatic carbocycles. The van der Waals surface area contributed by atoms with Gasteiger partial charge in [0.1, 0.15) is 0 Å². The SMILES string of the molecule is CCNC(=NCCCOCC)NCCNS(=O)(=O)c1cccc([N+](=O)[O-])c1.I. The van der Waals surface area contributed by atoms with Crippen LogP contribution in [0.4, 0.5) is 5.69 Å². The van der Waals surface area contributed by atoms with Crippen LogP contribution in [0.2, 0.25) is 0 Å². The molecular weight excluding hydrogens is 501 g/mol. The van der Waals surface area contributed by atoms with E-state index in [1.165, 1.54) is 18.2 Å². The molecule has 0 atom stereocenters. The summed E-state index contributed by atoms with van der Waals surface area (Å²) in [4.78, 5) is 14.4. The minimum absolute atomic E-state index is 0. The summed E-state index contributed by atoms with van der Waals surface area (Å²) in [5.41, 5.74) is -0.274. The van der Waals surface area contributed by atoms with Gasteiger partial charge in [0.15, 0.2) is 5.96 Å². The minimum Gasteiger partial charge on any atom is -0.382 e. The van der Waals surface area contributed by atoms with Crippen LogP contribution in [0.1, 0.15) is 20.3 Å². The number of sulfonamides is 1. The number of nitro benzene ring substituents is 1. The first-order chi connectivity index (χ1) is 12.9. The molecule has 3 N–H and O–H groups in total. The van der Waals surface area contributed by atoms with Crippen molar-refractivity contribution in [2.45, 2.75) is 25.2 Å². The van der Waals surface area contributed by atoms with E-state index in [0.29, 0.717) is 38.8 Å².